The quantitative estimate of drug-likeness (QED) is 0.376. The highest BCUT2D eigenvalue weighted by Crippen LogP contribution is 2.39. The van der Waals surface area contributed by atoms with E-state index < -0.39 is 6.04 Å². The van der Waals surface area contributed by atoms with Gasteiger partial charge in [0.25, 0.3) is 5.91 Å². The monoisotopic (exact) mass is 437 g/mol. The molecular weight excluding hydrogens is 414 g/mol. The molecule has 33 heavy (non-hydrogen) atoms. The third-order valence-electron chi connectivity index (χ3n) is 5.90. The summed E-state index contributed by atoms with van der Waals surface area (Å²) in [4.78, 5) is 28.8. The number of amides is 1. The van der Waals surface area contributed by atoms with Gasteiger partial charge in [0.1, 0.15) is 17.9 Å². The van der Waals surface area contributed by atoms with Gasteiger partial charge in [-0.2, -0.15) is 0 Å². The normalized spacial score (nSPS) is 15.0. The first-order valence-electron chi connectivity index (χ1n) is 10.9. The summed E-state index contributed by atoms with van der Waals surface area (Å²) in [5.41, 5.74) is 2.55. The molecule has 1 aromatic heterocycles. The fraction of sp³-hybridized carbons (Fsp3) is 0.143. The molecular formula is C28H23NO4. The predicted octanol–water partition coefficient (Wildman–Crippen LogP) is 5.15. The molecule has 5 heteroatoms. The van der Waals surface area contributed by atoms with E-state index in [-0.39, 0.29) is 17.1 Å². The summed E-state index contributed by atoms with van der Waals surface area (Å²) in [5.74, 6) is 0.502. The maximum atomic E-state index is 13.5. The largest absolute Gasteiger partial charge is 0.490 e. The molecule has 5 rings (SSSR count). The van der Waals surface area contributed by atoms with Gasteiger partial charge in [0.05, 0.1) is 17.0 Å². The third kappa shape index (κ3) is 3.82. The Morgan fingerprint density at radius 2 is 1.76 bits per heavy atom. The fourth-order valence-electron chi connectivity index (χ4n) is 4.37. The number of carbonyl (C=O) groups excluding carboxylic acids is 1. The number of benzene rings is 3. The minimum absolute atomic E-state index is 0.120. The third-order valence-corrected chi connectivity index (χ3v) is 5.90. The SMILES string of the molecule is C=CCOc1cccc(C2c3c(oc4ccccc4c3=O)C(=O)N2CCc2ccccc2)c1. The molecule has 5 nitrogen and oxygen atoms in total. The van der Waals surface area contributed by atoms with Gasteiger partial charge in [0.2, 0.25) is 5.76 Å². The first-order chi connectivity index (χ1) is 16.2. The number of rotatable bonds is 7. The average molecular weight is 437 g/mol. The number of hydrogen-bond donors (Lipinski definition) is 0. The van der Waals surface area contributed by atoms with Crippen LogP contribution in [0.2, 0.25) is 0 Å². The van der Waals surface area contributed by atoms with Crippen LogP contribution in [0.4, 0.5) is 0 Å². The van der Waals surface area contributed by atoms with E-state index in [1.807, 2.05) is 54.6 Å². The van der Waals surface area contributed by atoms with E-state index in [1.54, 1.807) is 35.2 Å². The second-order valence-electron chi connectivity index (χ2n) is 7.98. The van der Waals surface area contributed by atoms with E-state index in [2.05, 4.69) is 6.58 Å². The van der Waals surface area contributed by atoms with Gasteiger partial charge in [-0.3, -0.25) is 9.59 Å². The Bertz CT molecular complexity index is 1390. The van der Waals surface area contributed by atoms with Crippen molar-refractivity contribution in [1.29, 1.82) is 0 Å². The number of carbonyl (C=O) groups is 1. The fourth-order valence-corrected chi connectivity index (χ4v) is 4.37. The van der Waals surface area contributed by atoms with Crippen molar-refractivity contribution in [1.82, 2.24) is 4.90 Å². The highest BCUT2D eigenvalue weighted by atomic mass is 16.5. The lowest BCUT2D eigenvalue weighted by atomic mass is 9.98. The molecule has 1 unspecified atom stereocenters. The lowest BCUT2D eigenvalue weighted by Gasteiger charge is -2.25. The van der Waals surface area contributed by atoms with Gasteiger partial charge in [-0.1, -0.05) is 67.3 Å². The molecule has 1 aliphatic heterocycles. The molecule has 0 aliphatic carbocycles. The van der Waals surface area contributed by atoms with Gasteiger partial charge >= 0.3 is 0 Å². The predicted molar refractivity (Wildman–Crippen MR) is 128 cm³/mol. The van der Waals surface area contributed by atoms with Gasteiger partial charge in [-0.05, 0) is 41.8 Å². The van der Waals surface area contributed by atoms with E-state index in [9.17, 15) is 9.59 Å². The van der Waals surface area contributed by atoms with Crippen molar-refractivity contribution in [2.24, 2.45) is 0 Å². The van der Waals surface area contributed by atoms with Gasteiger partial charge < -0.3 is 14.1 Å². The van der Waals surface area contributed by atoms with Gasteiger partial charge in [0, 0.05) is 6.54 Å². The summed E-state index contributed by atoms with van der Waals surface area (Å²) in [5, 5.41) is 0.470. The summed E-state index contributed by atoms with van der Waals surface area (Å²) in [7, 11) is 0. The zero-order valence-corrected chi connectivity index (χ0v) is 18.1. The second-order valence-corrected chi connectivity index (χ2v) is 7.98. The average Bonchev–Trinajstić information content (AvgIpc) is 3.14. The molecule has 0 N–H and O–H groups in total. The minimum Gasteiger partial charge on any atom is -0.490 e. The number of para-hydroxylation sites is 1. The Labute approximate surface area is 191 Å². The molecule has 0 saturated heterocycles. The number of nitrogens with zero attached hydrogens (tertiary/aromatic N) is 1. The maximum Gasteiger partial charge on any atom is 0.290 e. The first-order valence-corrected chi connectivity index (χ1v) is 10.9. The van der Waals surface area contributed by atoms with Crippen LogP contribution in [-0.2, 0) is 6.42 Å². The van der Waals surface area contributed by atoms with Crippen molar-refractivity contribution in [2.45, 2.75) is 12.5 Å². The molecule has 0 saturated carbocycles. The summed E-state index contributed by atoms with van der Waals surface area (Å²) in [6.45, 7) is 4.51. The molecule has 4 aromatic rings. The summed E-state index contributed by atoms with van der Waals surface area (Å²) >= 11 is 0. The smallest absolute Gasteiger partial charge is 0.290 e. The Morgan fingerprint density at radius 3 is 2.58 bits per heavy atom. The van der Waals surface area contributed by atoms with Crippen LogP contribution in [0.3, 0.4) is 0 Å². The molecule has 1 amide bonds. The van der Waals surface area contributed by atoms with Crippen molar-refractivity contribution < 1.29 is 13.9 Å². The highest BCUT2D eigenvalue weighted by Gasteiger charge is 2.42. The molecule has 164 valence electrons. The molecule has 0 spiro atoms. The molecule has 1 atom stereocenters. The van der Waals surface area contributed by atoms with Gasteiger partial charge in [-0.25, -0.2) is 0 Å². The topological polar surface area (TPSA) is 59.8 Å². The number of ether oxygens (including phenoxy) is 1. The summed E-state index contributed by atoms with van der Waals surface area (Å²) < 4.78 is 11.7. The Balaban J connectivity index is 1.62. The Morgan fingerprint density at radius 1 is 0.970 bits per heavy atom. The first kappa shape index (κ1) is 20.8. The van der Waals surface area contributed by atoms with E-state index in [4.69, 9.17) is 9.15 Å². The van der Waals surface area contributed by atoms with E-state index in [0.717, 1.165) is 11.1 Å². The summed E-state index contributed by atoms with van der Waals surface area (Å²) in [6.07, 6.45) is 2.34. The van der Waals surface area contributed by atoms with Crippen molar-refractivity contribution in [3.05, 3.63) is 124 Å². The second kappa shape index (κ2) is 8.79. The Hall–Kier alpha value is -4.12. The Kier molecular flexibility index (Phi) is 5.53. The van der Waals surface area contributed by atoms with Crippen LogP contribution in [0.25, 0.3) is 11.0 Å². The van der Waals surface area contributed by atoms with E-state index >= 15 is 0 Å². The number of hydrogen-bond acceptors (Lipinski definition) is 4. The molecule has 2 heterocycles. The van der Waals surface area contributed by atoms with Gasteiger partial charge in [-0.15, -0.1) is 0 Å². The van der Waals surface area contributed by atoms with E-state index in [1.165, 1.54) is 0 Å². The zero-order chi connectivity index (χ0) is 22.8. The van der Waals surface area contributed by atoms with Crippen LogP contribution in [0.5, 0.6) is 5.75 Å². The lowest BCUT2D eigenvalue weighted by molar-refractivity contribution is 0.0730. The van der Waals surface area contributed by atoms with Crippen LogP contribution in [0.1, 0.15) is 33.3 Å². The van der Waals surface area contributed by atoms with Crippen LogP contribution >= 0.6 is 0 Å². The van der Waals surface area contributed by atoms with Crippen LogP contribution < -0.4 is 10.2 Å². The molecule has 0 radical (unpaired) electrons. The van der Waals surface area contributed by atoms with E-state index in [0.29, 0.717) is 41.9 Å². The number of fused-ring (bicyclic) bond motifs is 2. The molecule has 0 fully saturated rings. The van der Waals surface area contributed by atoms with Crippen LogP contribution in [0.15, 0.2) is 101 Å². The van der Waals surface area contributed by atoms with Gasteiger partial charge in [0.15, 0.2) is 5.43 Å². The van der Waals surface area contributed by atoms with Crippen LogP contribution in [0, 0.1) is 0 Å². The standard InChI is InChI=1S/C28H23NO4/c1-2-17-32-21-12-8-11-20(18-21)25-24-26(30)22-13-6-7-14-23(22)33-27(24)28(31)29(25)16-15-19-9-4-3-5-10-19/h2-14,18,25H,1,15-17H2. The van der Waals surface area contributed by atoms with Crippen molar-refractivity contribution in [3.8, 4) is 5.75 Å². The van der Waals surface area contributed by atoms with Crippen LogP contribution in [-0.4, -0.2) is 24.0 Å². The summed E-state index contributed by atoms with van der Waals surface area (Å²) in [6, 6.07) is 24.0. The van der Waals surface area contributed by atoms with Crippen molar-refractivity contribution in [3.63, 3.8) is 0 Å². The zero-order valence-electron chi connectivity index (χ0n) is 18.1. The minimum atomic E-state index is -0.552. The van der Waals surface area contributed by atoms with Crippen molar-refractivity contribution in [2.75, 3.05) is 13.2 Å². The maximum absolute atomic E-state index is 13.5. The lowest BCUT2D eigenvalue weighted by Crippen LogP contribution is -2.31. The highest BCUT2D eigenvalue weighted by molar-refractivity contribution is 5.99. The molecule has 0 bridgehead atoms. The van der Waals surface area contributed by atoms with Crippen molar-refractivity contribution >= 4 is 16.9 Å². The molecule has 3 aromatic carbocycles. The molecule has 1 aliphatic rings.